The summed E-state index contributed by atoms with van der Waals surface area (Å²) in [6.45, 7) is 5.72. The molecule has 3 aromatic rings. The molecule has 0 fully saturated rings. The Labute approximate surface area is 199 Å². The monoisotopic (exact) mass is 462 g/mol. The second-order valence-corrected chi connectivity index (χ2v) is 8.60. The Morgan fingerprint density at radius 3 is 2.32 bits per heavy atom. The Balaban J connectivity index is 1.42. The van der Waals surface area contributed by atoms with Gasteiger partial charge in [-0.05, 0) is 71.5 Å². The number of amides is 1. The lowest BCUT2D eigenvalue weighted by molar-refractivity contribution is 0.215. The van der Waals surface area contributed by atoms with Gasteiger partial charge in [-0.2, -0.15) is 0 Å². The summed E-state index contributed by atoms with van der Waals surface area (Å²) in [7, 11) is 3.03. The first-order chi connectivity index (χ1) is 16.4. The molecule has 0 atom stereocenters. The fourth-order valence-electron chi connectivity index (χ4n) is 4.14. The van der Waals surface area contributed by atoms with Gasteiger partial charge < -0.3 is 24.2 Å². The van der Waals surface area contributed by atoms with E-state index in [1.54, 1.807) is 6.07 Å². The van der Waals surface area contributed by atoms with Crippen LogP contribution in [0.15, 0.2) is 54.6 Å². The van der Waals surface area contributed by atoms with Crippen LogP contribution in [0.3, 0.4) is 0 Å². The maximum Gasteiger partial charge on any atom is 0.417 e. The van der Waals surface area contributed by atoms with E-state index in [2.05, 4.69) is 24.1 Å². The van der Waals surface area contributed by atoms with Crippen LogP contribution in [0.5, 0.6) is 23.0 Å². The molecule has 0 saturated heterocycles. The second kappa shape index (κ2) is 9.95. The molecular formula is C27H30N2O5. The summed E-state index contributed by atoms with van der Waals surface area (Å²) in [4.78, 5) is 14.6. The number of phenols is 1. The molecule has 1 aliphatic rings. The van der Waals surface area contributed by atoms with Crippen LogP contribution in [0, 0.1) is 0 Å². The van der Waals surface area contributed by atoms with Gasteiger partial charge in [-0.25, -0.2) is 4.79 Å². The summed E-state index contributed by atoms with van der Waals surface area (Å²) in [6.07, 6.45) is 0.326. The molecule has 1 heterocycles. The number of ether oxygens (including phenoxy) is 3. The molecule has 34 heavy (non-hydrogen) atoms. The van der Waals surface area contributed by atoms with E-state index in [1.165, 1.54) is 19.8 Å². The van der Waals surface area contributed by atoms with Gasteiger partial charge in [0.15, 0.2) is 11.5 Å². The van der Waals surface area contributed by atoms with Crippen molar-refractivity contribution < 1.29 is 24.1 Å². The van der Waals surface area contributed by atoms with Crippen molar-refractivity contribution in [1.29, 1.82) is 0 Å². The largest absolute Gasteiger partial charge is 0.502 e. The number of nitrogens with one attached hydrogen (secondary N) is 1. The second-order valence-electron chi connectivity index (χ2n) is 8.60. The van der Waals surface area contributed by atoms with Crippen LogP contribution in [0.1, 0.15) is 36.5 Å². The van der Waals surface area contributed by atoms with Gasteiger partial charge in [0.2, 0.25) is 5.75 Å². The van der Waals surface area contributed by atoms with E-state index in [9.17, 15) is 9.90 Å². The van der Waals surface area contributed by atoms with Crippen LogP contribution in [-0.2, 0) is 13.0 Å². The Bertz CT molecular complexity index is 1150. The number of carbonyl (C=O) groups excluding carboxylic acids is 1. The van der Waals surface area contributed by atoms with Crippen molar-refractivity contribution in [3.8, 4) is 23.0 Å². The summed E-state index contributed by atoms with van der Waals surface area (Å²) in [5.41, 5.74) is 5.07. The van der Waals surface area contributed by atoms with Gasteiger partial charge in [0.1, 0.15) is 5.75 Å². The minimum atomic E-state index is -0.518. The lowest BCUT2D eigenvalue weighted by atomic mass is 10.0. The molecule has 0 unspecified atom stereocenters. The molecule has 0 bridgehead atoms. The molecule has 7 nitrogen and oxygen atoms in total. The average molecular weight is 463 g/mol. The minimum Gasteiger partial charge on any atom is -0.502 e. The normalized spacial score (nSPS) is 12.4. The Morgan fingerprint density at radius 1 is 1.03 bits per heavy atom. The maximum absolute atomic E-state index is 12.4. The van der Waals surface area contributed by atoms with Crippen LogP contribution >= 0.6 is 0 Å². The van der Waals surface area contributed by atoms with E-state index < -0.39 is 6.09 Å². The standard InChI is InChI=1S/C27H30N2O5/c1-17(2)19-5-7-21(8-6-19)28-27(31)34-22-9-10-23-20(15-22)11-12-29(23)16-18-13-24(32-3)26(30)25(14-18)33-4/h5-10,13-15,17,30H,11-12,16H2,1-4H3,(H,28,31). The summed E-state index contributed by atoms with van der Waals surface area (Å²) < 4.78 is 16.1. The van der Waals surface area contributed by atoms with Crippen LogP contribution in [0.2, 0.25) is 0 Å². The van der Waals surface area contributed by atoms with E-state index in [4.69, 9.17) is 14.2 Å². The number of anilines is 2. The van der Waals surface area contributed by atoms with Crippen molar-refractivity contribution in [3.63, 3.8) is 0 Å². The third-order valence-electron chi connectivity index (χ3n) is 5.99. The number of fused-ring (bicyclic) bond motifs is 1. The van der Waals surface area contributed by atoms with Gasteiger partial charge >= 0.3 is 6.09 Å². The highest BCUT2D eigenvalue weighted by atomic mass is 16.6. The molecular weight excluding hydrogens is 432 g/mol. The summed E-state index contributed by atoms with van der Waals surface area (Å²) in [5, 5.41) is 12.9. The highest BCUT2D eigenvalue weighted by Crippen LogP contribution is 2.39. The first-order valence-electron chi connectivity index (χ1n) is 11.3. The van der Waals surface area contributed by atoms with Crippen molar-refractivity contribution in [3.05, 3.63) is 71.3 Å². The summed E-state index contributed by atoms with van der Waals surface area (Å²) in [5.74, 6) is 1.69. The molecule has 0 aromatic heterocycles. The summed E-state index contributed by atoms with van der Waals surface area (Å²) in [6, 6.07) is 17.1. The molecule has 4 rings (SSSR count). The quantitative estimate of drug-likeness (QED) is 0.468. The molecule has 0 radical (unpaired) electrons. The van der Waals surface area contributed by atoms with E-state index in [-0.39, 0.29) is 5.75 Å². The topological polar surface area (TPSA) is 80.3 Å². The van der Waals surface area contributed by atoms with E-state index in [0.717, 1.165) is 29.8 Å². The van der Waals surface area contributed by atoms with Crippen molar-refractivity contribution in [1.82, 2.24) is 0 Å². The predicted octanol–water partition coefficient (Wildman–Crippen LogP) is 5.71. The number of phenolic OH excluding ortho intramolecular Hbond substituents is 1. The number of hydrogen-bond donors (Lipinski definition) is 2. The summed E-state index contributed by atoms with van der Waals surface area (Å²) >= 11 is 0. The van der Waals surface area contributed by atoms with Crippen LogP contribution in [0.25, 0.3) is 0 Å². The van der Waals surface area contributed by atoms with E-state index >= 15 is 0 Å². The van der Waals surface area contributed by atoms with E-state index in [0.29, 0.717) is 35.4 Å². The SMILES string of the molecule is COc1cc(CN2CCc3cc(OC(=O)Nc4ccc(C(C)C)cc4)ccc32)cc(OC)c1O. The molecule has 7 heteroatoms. The number of rotatable bonds is 7. The first-order valence-corrected chi connectivity index (χ1v) is 11.3. The number of carbonyl (C=O) groups is 1. The van der Waals surface area contributed by atoms with E-state index in [1.807, 2.05) is 48.5 Å². The van der Waals surface area contributed by atoms with Gasteiger partial charge in [0, 0.05) is 24.5 Å². The number of aromatic hydroxyl groups is 1. The van der Waals surface area contributed by atoms with Gasteiger partial charge in [0.25, 0.3) is 0 Å². The number of methoxy groups -OCH3 is 2. The first kappa shape index (κ1) is 23.3. The fourth-order valence-corrected chi connectivity index (χ4v) is 4.14. The zero-order valence-corrected chi connectivity index (χ0v) is 19.9. The molecule has 178 valence electrons. The predicted molar refractivity (Wildman–Crippen MR) is 133 cm³/mol. The van der Waals surface area contributed by atoms with Crippen molar-refractivity contribution in [2.45, 2.75) is 32.7 Å². The molecule has 0 aliphatic carbocycles. The number of nitrogens with zero attached hydrogens (tertiary/aromatic N) is 1. The van der Waals surface area contributed by atoms with Crippen molar-refractivity contribution in [2.75, 3.05) is 31.0 Å². The number of hydrogen-bond acceptors (Lipinski definition) is 6. The van der Waals surface area contributed by atoms with Crippen LogP contribution in [-0.4, -0.2) is 32.0 Å². The maximum atomic E-state index is 12.4. The number of benzene rings is 3. The Morgan fingerprint density at radius 2 is 1.71 bits per heavy atom. The molecule has 1 aliphatic heterocycles. The zero-order chi connectivity index (χ0) is 24.2. The van der Waals surface area contributed by atoms with Crippen molar-refractivity contribution in [2.24, 2.45) is 0 Å². The molecule has 3 aromatic carbocycles. The average Bonchev–Trinajstić information content (AvgIpc) is 3.22. The minimum absolute atomic E-state index is 0.00787. The van der Waals surface area contributed by atoms with Crippen LogP contribution < -0.4 is 24.4 Å². The van der Waals surface area contributed by atoms with Crippen molar-refractivity contribution >= 4 is 17.5 Å². The highest BCUT2D eigenvalue weighted by Gasteiger charge is 2.22. The lowest BCUT2D eigenvalue weighted by Gasteiger charge is -2.21. The molecule has 2 N–H and O–H groups in total. The van der Waals surface area contributed by atoms with Gasteiger partial charge in [-0.15, -0.1) is 0 Å². The van der Waals surface area contributed by atoms with Gasteiger partial charge in [-0.1, -0.05) is 26.0 Å². The Kier molecular flexibility index (Phi) is 6.82. The Hall–Kier alpha value is -3.87. The third-order valence-corrected chi connectivity index (χ3v) is 5.99. The van der Waals surface area contributed by atoms with Gasteiger partial charge in [-0.3, -0.25) is 5.32 Å². The third kappa shape index (κ3) is 5.03. The van der Waals surface area contributed by atoms with Crippen LogP contribution in [0.4, 0.5) is 16.2 Å². The van der Waals surface area contributed by atoms with Gasteiger partial charge in [0.05, 0.1) is 14.2 Å². The zero-order valence-electron chi connectivity index (χ0n) is 19.9. The fraction of sp³-hybridized carbons (Fsp3) is 0.296. The lowest BCUT2D eigenvalue weighted by Crippen LogP contribution is -2.19. The smallest absolute Gasteiger partial charge is 0.417 e. The molecule has 0 saturated carbocycles. The molecule has 1 amide bonds. The highest BCUT2D eigenvalue weighted by molar-refractivity contribution is 5.86. The molecule has 0 spiro atoms.